The molecule has 118 valence electrons. The van der Waals surface area contributed by atoms with Gasteiger partial charge in [0.2, 0.25) is 0 Å². The van der Waals surface area contributed by atoms with Gasteiger partial charge in [-0.15, -0.1) is 0 Å². The Morgan fingerprint density at radius 2 is 1.90 bits per heavy atom. The van der Waals surface area contributed by atoms with E-state index in [4.69, 9.17) is 4.74 Å². The van der Waals surface area contributed by atoms with Gasteiger partial charge in [0, 0.05) is 19.8 Å². The van der Waals surface area contributed by atoms with E-state index in [0.29, 0.717) is 6.04 Å². The lowest BCUT2D eigenvalue weighted by atomic mass is 9.97. The summed E-state index contributed by atoms with van der Waals surface area (Å²) in [4.78, 5) is 2.60. The Labute approximate surface area is 129 Å². The normalized spacial score (nSPS) is 18.8. The Kier molecular flexibility index (Phi) is 6.68. The van der Waals surface area contributed by atoms with E-state index < -0.39 is 0 Å². The zero-order chi connectivity index (χ0) is 15.1. The molecule has 1 unspecified atom stereocenters. The molecular weight excluding hydrogens is 260 g/mol. The average molecular weight is 290 g/mol. The molecule has 1 aromatic rings. The molecule has 3 heteroatoms. The van der Waals surface area contributed by atoms with Crippen LogP contribution in [0.25, 0.3) is 0 Å². The Balaban J connectivity index is 1.77. The summed E-state index contributed by atoms with van der Waals surface area (Å²) in [6.45, 7) is 6.69. The number of benzene rings is 1. The van der Waals surface area contributed by atoms with Gasteiger partial charge in [0.15, 0.2) is 0 Å². The lowest BCUT2D eigenvalue weighted by molar-refractivity contribution is 0.0979. The van der Waals surface area contributed by atoms with Gasteiger partial charge in [-0.25, -0.2) is 0 Å². The molecule has 0 amide bonds. The molecule has 0 spiro atoms. The maximum atomic E-state index is 5.27. The van der Waals surface area contributed by atoms with Crippen LogP contribution in [0.4, 0.5) is 0 Å². The number of hydrogen-bond acceptors (Lipinski definition) is 3. The summed E-state index contributed by atoms with van der Waals surface area (Å²) in [5, 5.41) is 3.46. The van der Waals surface area contributed by atoms with Gasteiger partial charge in [0.1, 0.15) is 0 Å². The van der Waals surface area contributed by atoms with E-state index in [1.54, 1.807) is 0 Å². The number of rotatable bonds is 7. The summed E-state index contributed by atoms with van der Waals surface area (Å²) in [6, 6.07) is 9.37. The second-order valence-electron chi connectivity index (χ2n) is 6.28. The second kappa shape index (κ2) is 8.52. The highest BCUT2D eigenvalue weighted by Crippen LogP contribution is 2.21. The molecule has 1 aliphatic heterocycles. The van der Waals surface area contributed by atoms with Gasteiger partial charge >= 0.3 is 0 Å². The minimum absolute atomic E-state index is 0.460. The molecule has 1 aliphatic rings. The summed E-state index contributed by atoms with van der Waals surface area (Å²) < 4.78 is 5.27. The van der Waals surface area contributed by atoms with E-state index >= 15 is 0 Å². The second-order valence-corrected chi connectivity index (χ2v) is 6.28. The maximum Gasteiger partial charge on any atom is 0.0491 e. The number of likely N-dealkylation sites (tertiary alicyclic amines) is 1. The molecule has 1 fully saturated rings. The first-order valence-electron chi connectivity index (χ1n) is 8.18. The molecule has 0 radical (unpaired) electrons. The topological polar surface area (TPSA) is 24.5 Å². The molecule has 0 aromatic heterocycles. The zero-order valence-electron chi connectivity index (χ0n) is 13.8. The monoisotopic (exact) mass is 290 g/mol. The number of aryl methyl sites for hydroxylation is 1. The largest absolute Gasteiger partial charge is 0.384 e. The fraction of sp³-hybridized carbons (Fsp3) is 0.667. The van der Waals surface area contributed by atoms with Crippen LogP contribution in [0.2, 0.25) is 0 Å². The van der Waals surface area contributed by atoms with Gasteiger partial charge in [-0.05, 0) is 64.3 Å². The highest BCUT2D eigenvalue weighted by molar-refractivity contribution is 5.24. The first-order chi connectivity index (χ1) is 10.2. The maximum absolute atomic E-state index is 5.27. The first-order valence-corrected chi connectivity index (χ1v) is 8.18. The molecule has 0 aliphatic carbocycles. The predicted molar refractivity (Wildman–Crippen MR) is 88.6 cm³/mol. The molecule has 1 atom stereocenters. The van der Waals surface area contributed by atoms with Crippen molar-refractivity contribution < 1.29 is 4.74 Å². The number of ether oxygens (including phenoxy) is 1. The number of nitrogens with zero attached hydrogens (tertiary/aromatic N) is 1. The quantitative estimate of drug-likeness (QED) is 0.835. The van der Waals surface area contributed by atoms with Gasteiger partial charge in [-0.2, -0.15) is 0 Å². The Morgan fingerprint density at radius 3 is 2.48 bits per heavy atom. The van der Waals surface area contributed by atoms with Crippen molar-refractivity contribution in [3.8, 4) is 0 Å². The summed E-state index contributed by atoms with van der Waals surface area (Å²) in [5.74, 6) is 0.767. The van der Waals surface area contributed by atoms with Crippen LogP contribution >= 0.6 is 0 Å². The minimum atomic E-state index is 0.460. The molecule has 1 saturated heterocycles. The van der Waals surface area contributed by atoms with Crippen LogP contribution < -0.4 is 5.32 Å². The third kappa shape index (κ3) is 5.10. The molecule has 1 N–H and O–H groups in total. The first kappa shape index (κ1) is 16.5. The molecule has 1 aromatic carbocycles. The van der Waals surface area contributed by atoms with Crippen LogP contribution in [-0.4, -0.2) is 45.3 Å². The molecule has 1 heterocycles. The van der Waals surface area contributed by atoms with Crippen LogP contribution in [0.1, 0.15) is 36.4 Å². The van der Waals surface area contributed by atoms with E-state index in [0.717, 1.165) is 12.5 Å². The van der Waals surface area contributed by atoms with Crippen molar-refractivity contribution in [2.45, 2.75) is 32.2 Å². The third-order valence-electron chi connectivity index (χ3n) is 4.67. The Hall–Kier alpha value is -0.900. The number of nitrogens with one attached hydrogen (secondary N) is 1. The summed E-state index contributed by atoms with van der Waals surface area (Å²) in [7, 11) is 3.88. The average Bonchev–Trinajstić information content (AvgIpc) is 2.51. The Morgan fingerprint density at radius 1 is 1.24 bits per heavy atom. The number of piperidine rings is 1. The SMILES string of the molecule is CNC(CCN1CCC(COC)CC1)c1ccc(C)cc1. The van der Waals surface area contributed by atoms with E-state index in [9.17, 15) is 0 Å². The fourth-order valence-electron chi connectivity index (χ4n) is 3.20. The molecule has 0 saturated carbocycles. The molecule has 0 bridgehead atoms. The highest BCUT2D eigenvalue weighted by atomic mass is 16.5. The van der Waals surface area contributed by atoms with Gasteiger partial charge in [-0.1, -0.05) is 29.8 Å². The van der Waals surface area contributed by atoms with E-state index in [1.165, 1.54) is 50.0 Å². The van der Waals surface area contributed by atoms with Gasteiger partial charge in [-0.3, -0.25) is 0 Å². The summed E-state index contributed by atoms with van der Waals surface area (Å²) in [5.41, 5.74) is 2.73. The van der Waals surface area contributed by atoms with Crippen LogP contribution in [-0.2, 0) is 4.74 Å². The van der Waals surface area contributed by atoms with Crippen molar-refractivity contribution in [3.05, 3.63) is 35.4 Å². The fourth-order valence-corrected chi connectivity index (χ4v) is 3.20. The lowest BCUT2D eigenvalue weighted by Crippen LogP contribution is -2.36. The predicted octanol–water partition coefficient (Wildman–Crippen LogP) is 3.00. The van der Waals surface area contributed by atoms with Gasteiger partial charge in [0.05, 0.1) is 0 Å². The van der Waals surface area contributed by atoms with Crippen LogP contribution in [0.15, 0.2) is 24.3 Å². The molecule has 3 nitrogen and oxygen atoms in total. The minimum Gasteiger partial charge on any atom is -0.384 e. The number of hydrogen-bond donors (Lipinski definition) is 1. The van der Waals surface area contributed by atoms with Crippen molar-refractivity contribution in [2.24, 2.45) is 5.92 Å². The zero-order valence-corrected chi connectivity index (χ0v) is 13.8. The van der Waals surface area contributed by atoms with Crippen LogP contribution in [0.3, 0.4) is 0 Å². The molecular formula is C18H30N2O. The molecule has 2 rings (SSSR count). The number of methoxy groups -OCH3 is 1. The summed E-state index contributed by atoms with van der Waals surface area (Å²) >= 11 is 0. The van der Waals surface area contributed by atoms with Gasteiger partial charge in [0.25, 0.3) is 0 Å². The van der Waals surface area contributed by atoms with E-state index in [2.05, 4.69) is 48.5 Å². The van der Waals surface area contributed by atoms with Crippen LogP contribution in [0.5, 0.6) is 0 Å². The van der Waals surface area contributed by atoms with Crippen molar-refractivity contribution in [3.63, 3.8) is 0 Å². The highest BCUT2D eigenvalue weighted by Gasteiger charge is 2.19. The van der Waals surface area contributed by atoms with Gasteiger partial charge < -0.3 is 15.0 Å². The van der Waals surface area contributed by atoms with Crippen molar-refractivity contribution in [1.82, 2.24) is 10.2 Å². The molecule has 21 heavy (non-hydrogen) atoms. The lowest BCUT2D eigenvalue weighted by Gasteiger charge is -2.32. The van der Waals surface area contributed by atoms with E-state index in [1.807, 2.05) is 7.11 Å². The van der Waals surface area contributed by atoms with Crippen molar-refractivity contribution >= 4 is 0 Å². The standard InChI is InChI=1S/C18H30N2O/c1-15-4-6-17(7-5-15)18(19-2)10-13-20-11-8-16(9-12-20)14-21-3/h4-7,16,18-19H,8-14H2,1-3H3. The summed E-state index contributed by atoms with van der Waals surface area (Å²) in [6.07, 6.45) is 3.74. The van der Waals surface area contributed by atoms with Crippen molar-refractivity contribution in [1.29, 1.82) is 0 Å². The van der Waals surface area contributed by atoms with E-state index in [-0.39, 0.29) is 0 Å². The third-order valence-corrected chi connectivity index (χ3v) is 4.67. The smallest absolute Gasteiger partial charge is 0.0491 e. The Bertz CT molecular complexity index is 396. The van der Waals surface area contributed by atoms with Crippen LogP contribution in [0, 0.1) is 12.8 Å². The van der Waals surface area contributed by atoms with Crippen molar-refractivity contribution in [2.75, 3.05) is 40.4 Å².